The van der Waals surface area contributed by atoms with Gasteiger partial charge in [-0.2, -0.15) is 0 Å². The van der Waals surface area contributed by atoms with Crippen molar-refractivity contribution in [3.63, 3.8) is 0 Å². The van der Waals surface area contributed by atoms with Crippen molar-refractivity contribution in [2.24, 2.45) is 17.8 Å². The van der Waals surface area contributed by atoms with Crippen LogP contribution < -0.4 is 0 Å². The predicted molar refractivity (Wildman–Crippen MR) is 73.7 cm³/mol. The lowest BCUT2D eigenvalue weighted by Gasteiger charge is -2.18. The van der Waals surface area contributed by atoms with Gasteiger partial charge in [0.05, 0.1) is 0 Å². The lowest BCUT2D eigenvalue weighted by atomic mass is 9.88. The largest absolute Gasteiger partial charge is 0.0651 e. The van der Waals surface area contributed by atoms with Crippen molar-refractivity contribution >= 4 is 0 Å². The van der Waals surface area contributed by atoms with Crippen LogP contribution >= 0.6 is 0 Å². The van der Waals surface area contributed by atoms with Gasteiger partial charge in [-0.25, -0.2) is 0 Å². The molecule has 0 bridgehead atoms. The molecule has 0 heterocycles. The molecular formula is C16H32. The Morgan fingerprint density at radius 3 is 1.19 bits per heavy atom. The first-order chi connectivity index (χ1) is 7.72. The molecule has 0 atom stereocenters. The molecule has 16 heavy (non-hydrogen) atoms. The maximum absolute atomic E-state index is 2.34. The minimum absolute atomic E-state index is 1.05. The summed E-state index contributed by atoms with van der Waals surface area (Å²) in [5.41, 5.74) is 0. The molecule has 0 amide bonds. The normalized spacial score (nSPS) is 24.9. The van der Waals surface area contributed by atoms with Crippen LogP contribution in [0.4, 0.5) is 0 Å². The fourth-order valence-corrected chi connectivity index (χ4v) is 2.27. The minimum atomic E-state index is 1.05. The molecule has 0 saturated heterocycles. The van der Waals surface area contributed by atoms with E-state index in [1.54, 1.807) is 0 Å². The molecule has 0 aromatic carbocycles. The third kappa shape index (κ3) is 7.30. The van der Waals surface area contributed by atoms with Crippen molar-refractivity contribution in [1.82, 2.24) is 0 Å². The Morgan fingerprint density at radius 1 is 0.688 bits per heavy atom. The first-order valence-electron chi connectivity index (χ1n) is 7.72. The van der Waals surface area contributed by atoms with Crippen LogP contribution in [0.5, 0.6) is 0 Å². The van der Waals surface area contributed by atoms with E-state index in [0.29, 0.717) is 0 Å². The predicted octanol–water partition coefficient (Wildman–Crippen LogP) is 5.81. The second kappa shape index (κ2) is 8.14. The van der Waals surface area contributed by atoms with Gasteiger partial charge in [0.15, 0.2) is 0 Å². The molecule has 0 aromatic rings. The van der Waals surface area contributed by atoms with Crippen LogP contribution in [0.2, 0.25) is 0 Å². The Morgan fingerprint density at radius 2 is 1.12 bits per heavy atom. The molecule has 0 aliphatic heterocycles. The highest BCUT2D eigenvalue weighted by Crippen LogP contribution is 2.31. The maximum Gasteiger partial charge on any atom is -0.0417 e. The molecule has 0 N–H and O–H groups in total. The molecule has 96 valence electrons. The molecule has 3 aliphatic carbocycles. The van der Waals surface area contributed by atoms with Gasteiger partial charge in [0.1, 0.15) is 0 Å². The summed E-state index contributed by atoms with van der Waals surface area (Å²) in [6, 6.07) is 0. The zero-order valence-electron chi connectivity index (χ0n) is 11.8. The molecule has 3 saturated carbocycles. The Balaban J connectivity index is 0.000000121. The summed E-state index contributed by atoms with van der Waals surface area (Å²) in [6.07, 6.45) is 14.8. The standard InChI is InChI=1S/C6H12.2C5H10/c1-6-4-2-3-5-6;1-5-3-2-4-5;1-2-5-3-4-5/h6H,2-5H2,1H3;2*5H,2-4H2,1H3. The van der Waals surface area contributed by atoms with E-state index in [0.717, 1.165) is 17.8 Å². The maximum atomic E-state index is 2.34. The van der Waals surface area contributed by atoms with Crippen LogP contribution in [0.25, 0.3) is 0 Å². The Bertz CT molecular complexity index is 147. The SMILES string of the molecule is CC1CCC1.CC1CCCC1.CCC1CC1. The summed E-state index contributed by atoms with van der Waals surface area (Å²) < 4.78 is 0. The molecule has 0 nitrogen and oxygen atoms in total. The quantitative estimate of drug-likeness (QED) is 0.527. The summed E-state index contributed by atoms with van der Waals surface area (Å²) in [5, 5.41) is 0. The van der Waals surface area contributed by atoms with E-state index in [1.165, 1.54) is 64.2 Å². The van der Waals surface area contributed by atoms with E-state index in [4.69, 9.17) is 0 Å². The summed E-state index contributed by atoms with van der Waals surface area (Å²) in [5.74, 6) is 3.25. The van der Waals surface area contributed by atoms with Gasteiger partial charge in [0.2, 0.25) is 0 Å². The summed E-state index contributed by atoms with van der Waals surface area (Å²) in [6.45, 7) is 6.91. The molecule has 0 spiro atoms. The zero-order chi connectivity index (χ0) is 11.8. The summed E-state index contributed by atoms with van der Waals surface area (Å²) in [4.78, 5) is 0. The fourth-order valence-electron chi connectivity index (χ4n) is 2.27. The van der Waals surface area contributed by atoms with E-state index in [2.05, 4.69) is 20.8 Å². The molecule has 0 aromatic heterocycles. The number of rotatable bonds is 1. The molecule has 3 rings (SSSR count). The van der Waals surface area contributed by atoms with E-state index < -0.39 is 0 Å². The van der Waals surface area contributed by atoms with Gasteiger partial charge in [-0.3, -0.25) is 0 Å². The van der Waals surface area contributed by atoms with Crippen LogP contribution in [-0.4, -0.2) is 0 Å². The van der Waals surface area contributed by atoms with Gasteiger partial charge in [0, 0.05) is 0 Å². The third-order valence-corrected chi connectivity index (χ3v) is 4.31. The topological polar surface area (TPSA) is 0 Å². The lowest BCUT2D eigenvalue weighted by molar-refractivity contribution is 0.346. The molecule has 0 heteroatoms. The third-order valence-electron chi connectivity index (χ3n) is 4.31. The van der Waals surface area contributed by atoms with Crippen molar-refractivity contribution in [2.75, 3.05) is 0 Å². The summed E-state index contributed by atoms with van der Waals surface area (Å²) in [7, 11) is 0. The van der Waals surface area contributed by atoms with E-state index in [-0.39, 0.29) is 0 Å². The van der Waals surface area contributed by atoms with Crippen LogP contribution in [0, 0.1) is 17.8 Å². The molecule has 3 aliphatic rings. The average Bonchev–Trinajstić information content (AvgIpc) is 2.99. The van der Waals surface area contributed by atoms with Crippen molar-refractivity contribution in [3.05, 3.63) is 0 Å². The highest BCUT2D eigenvalue weighted by molar-refractivity contribution is 4.69. The average molecular weight is 224 g/mol. The van der Waals surface area contributed by atoms with Crippen molar-refractivity contribution in [2.45, 2.75) is 85.0 Å². The van der Waals surface area contributed by atoms with E-state index in [9.17, 15) is 0 Å². The molecule has 3 fully saturated rings. The van der Waals surface area contributed by atoms with E-state index in [1.807, 2.05) is 0 Å². The first kappa shape index (κ1) is 14.1. The van der Waals surface area contributed by atoms with Crippen LogP contribution in [-0.2, 0) is 0 Å². The fraction of sp³-hybridized carbons (Fsp3) is 1.00. The van der Waals surface area contributed by atoms with Gasteiger partial charge in [-0.15, -0.1) is 0 Å². The molecule has 0 radical (unpaired) electrons. The van der Waals surface area contributed by atoms with Crippen molar-refractivity contribution in [1.29, 1.82) is 0 Å². The highest BCUT2D eigenvalue weighted by Gasteiger charge is 2.17. The van der Waals surface area contributed by atoms with E-state index >= 15 is 0 Å². The molecular weight excluding hydrogens is 192 g/mol. The Kier molecular flexibility index (Phi) is 7.16. The molecule has 0 unspecified atom stereocenters. The van der Waals surface area contributed by atoms with Gasteiger partial charge >= 0.3 is 0 Å². The minimum Gasteiger partial charge on any atom is -0.0651 e. The van der Waals surface area contributed by atoms with Crippen LogP contribution in [0.1, 0.15) is 85.0 Å². The monoisotopic (exact) mass is 224 g/mol. The van der Waals surface area contributed by atoms with Crippen LogP contribution in [0.15, 0.2) is 0 Å². The van der Waals surface area contributed by atoms with Crippen LogP contribution in [0.3, 0.4) is 0 Å². The van der Waals surface area contributed by atoms with Gasteiger partial charge in [-0.05, 0) is 17.8 Å². The van der Waals surface area contributed by atoms with Crippen molar-refractivity contribution < 1.29 is 0 Å². The smallest absolute Gasteiger partial charge is 0.0417 e. The zero-order valence-corrected chi connectivity index (χ0v) is 11.8. The lowest BCUT2D eigenvalue weighted by Crippen LogP contribution is -2.04. The highest BCUT2D eigenvalue weighted by atomic mass is 14.2. The number of hydrogen-bond donors (Lipinski definition) is 0. The van der Waals surface area contributed by atoms with Crippen molar-refractivity contribution in [3.8, 4) is 0 Å². The van der Waals surface area contributed by atoms with Gasteiger partial charge in [0.25, 0.3) is 0 Å². The van der Waals surface area contributed by atoms with Gasteiger partial charge < -0.3 is 0 Å². The Labute approximate surface area is 103 Å². The Hall–Kier alpha value is 0. The summed E-state index contributed by atoms with van der Waals surface area (Å²) >= 11 is 0. The second-order valence-electron chi connectivity index (χ2n) is 6.28. The first-order valence-corrected chi connectivity index (χ1v) is 7.72. The second-order valence-corrected chi connectivity index (χ2v) is 6.28. The number of hydrogen-bond acceptors (Lipinski definition) is 0. The van der Waals surface area contributed by atoms with Gasteiger partial charge in [-0.1, -0.05) is 85.0 Å².